The topological polar surface area (TPSA) is 62.3 Å². The second-order valence-corrected chi connectivity index (χ2v) is 7.09. The molecule has 1 aromatic carbocycles. The van der Waals surface area contributed by atoms with Crippen LogP contribution in [0.25, 0.3) is 0 Å². The summed E-state index contributed by atoms with van der Waals surface area (Å²) in [5.74, 6) is 0.184. The van der Waals surface area contributed by atoms with Crippen molar-refractivity contribution < 1.29 is 9.59 Å². The van der Waals surface area contributed by atoms with Gasteiger partial charge in [0.25, 0.3) is 0 Å². The maximum absolute atomic E-state index is 12.3. The summed E-state index contributed by atoms with van der Waals surface area (Å²) in [5.41, 5.74) is 4.21. The Morgan fingerprint density at radius 3 is 2.50 bits per heavy atom. The molecule has 0 unspecified atom stereocenters. The zero-order chi connectivity index (χ0) is 18.5. The van der Waals surface area contributed by atoms with Crippen LogP contribution in [-0.4, -0.2) is 35.8 Å². The SMILES string of the molecule is CC(=O)Cc1ccc(CC(=O)N[C@@H]2CCN(c3cncc(C)c3)C2)cc1. The molecule has 1 aliphatic rings. The van der Waals surface area contributed by atoms with Gasteiger partial charge < -0.3 is 10.2 Å². The lowest BCUT2D eigenvalue weighted by Gasteiger charge is -2.19. The number of amides is 1. The predicted octanol–water partition coefficient (Wildman–Crippen LogP) is 2.46. The van der Waals surface area contributed by atoms with Crippen molar-refractivity contribution in [1.29, 1.82) is 0 Å². The van der Waals surface area contributed by atoms with Gasteiger partial charge in [0.2, 0.25) is 5.91 Å². The van der Waals surface area contributed by atoms with Gasteiger partial charge >= 0.3 is 0 Å². The van der Waals surface area contributed by atoms with E-state index >= 15 is 0 Å². The molecule has 0 spiro atoms. The molecular weight excluding hydrogens is 326 g/mol. The molecule has 1 fully saturated rings. The summed E-state index contributed by atoms with van der Waals surface area (Å²) in [7, 11) is 0. The highest BCUT2D eigenvalue weighted by Gasteiger charge is 2.24. The fourth-order valence-corrected chi connectivity index (χ4v) is 3.35. The van der Waals surface area contributed by atoms with Crippen LogP contribution in [0.15, 0.2) is 42.7 Å². The van der Waals surface area contributed by atoms with Crippen LogP contribution in [0.1, 0.15) is 30.0 Å². The van der Waals surface area contributed by atoms with Crippen molar-refractivity contribution in [2.45, 2.75) is 39.2 Å². The Balaban J connectivity index is 1.50. The van der Waals surface area contributed by atoms with Gasteiger partial charge in [-0.25, -0.2) is 0 Å². The van der Waals surface area contributed by atoms with Crippen LogP contribution in [0.2, 0.25) is 0 Å². The third-order valence-electron chi connectivity index (χ3n) is 4.62. The minimum Gasteiger partial charge on any atom is -0.368 e. The first kappa shape index (κ1) is 18.1. The molecule has 1 saturated heterocycles. The van der Waals surface area contributed by atoms with E-state index in [9.17, 15) is 9.59 Å². The standard InChI is InChI=1S/C21H25N3O2/c1-15-9-20(13-22-12-15)24-8-7-19(14-24)23-21(26)11-18-5-3-17(4-6-18)10-16(2)25/h3-6,9,12-13,19H,7-8,10-11,14H2,1-2H3,(H,23,26)/t19-/m1/s1. The lowest BCUT2D eigenvalue weighted by Crippen LogP contribution is -2.38. The van der Waals surface area contributed by atoms with Gasteiger partial charge in [0.05, 0.1) is 18.3 Å². The fraction of sp³-hybridized carbons (Fsp3) is 0.381. The number of hydrogen-bond acceptors (Lipinski definition) is 4. The average Bonchev–Trinajstić information content (AvgIpc) is 3.04. The van der Waals surface area contributed by atoms with Gasteiger partial charge in [-0.2, -0.15) is 0 Å². The quantitative estimate of drug-likeness (QED) is 0.868. The monoisotopic (exact) mass is 351 g/mol. The van der Waals surface area contributed by atoms with Gasteiger partial charge in [-0.1, -0.05) is 24.3 Å². The minimum absolute atomic E-state index is 0.0403. The third-order valence-corrected chi connectivity index (χ3v) is 4.62. The molecule has 1 aromatic heterocycles. The fourth-order valence-electron chi connectivity index (χ4n) is 3.35. The van der Waals surface area contributed by atoms with E-state index in [1.807, 2.05) is 43.6 Å². The Labute approximate surface area is 154 Å². The molecule has 0 bridgehead atoms. The highest BCUT2D eigenvalue weighted by molar-refractivity contribution is 5.79. The Morgan fingerprint density at radius 1 is 1.15 bits per heavy atom. The molecule has 1 aliphatic heterocycles. The first-order chi connectivity index (χ1) is 12.5. The molecule has 0 saturated carbocycles. The number of pyridine rings is 1. The number of nitrogens with zero attached hydrogens (tertiary/aromatic N) is 2. The summed E-state index contributed by atoms with van der Waals surface area (Å²) >= 11 is 0. The summed E-state index contributed by atoms with van der Waals surface area (Å²) < 4.78 is 0. The number of hydrogen-bond donors (Lipinski definition) is 1. The van der Waals surface area contributed by atoms with Crippen molar-refractivity contribution in [1.82, 2.24) is 10.3 Å². The molecule has 0 aliphatic carbocycles. The smallest absolute Gasteiger partial charge is 0.224 e. The van der Waals surface area contributed by atoms with E-state index in [0.717, 1.165) is 41.9 Å². The number of rotatable bonds is 6. The minimum atomic E-state index is 0.0403. The summed E-state index contributed by atoms with van der Waals surface area (Å²) in [6.07, 6.45) is 5.47. The maximum atomic E-state index is 12.3. The van der Waals surface area contributed by atoms with Crippen molar-refractivity contribution in [2.24, 2.45) is 0 Å². The number of anilines is 1. The van der Waals surface area contributed by atoms with Gasteiger partial charge in [-0.15, -0.1) is 0 Å². The van der Waals surface area contributed by atoms with Crippen LogP contribution in [-0.2, 0) is 22.4 Å². The number of benzene rings is 1. The van der Waals surface area contributed by atoms with Gasteiger partial charge in [0.15, 0.2) is 0 Å². The summed E-state index contributed by atoms with van der Waals surface area (Å²) in [4.78, 5) is 30.0. The van der Waals surface area contributed by atoms with Crippen molar-refractivity contribution >= 4 is 17.4 Å². The zero-order valence-electron chi connectivity index (χ0n) is 15.4. The molecule has 1 atom stereocenters. The van der Waals surface area contributed by atoms with E-state index in [-0.39, 0.29) is 17.7 Å². The van der Waals surface area contributed by atoms with Crippen LogP contribution >= 0.6 is 0 Å². The van der Waals surface area contributed by atoms with E-state index in [2.05, 4.69) is 21.3 Å². The summed E-state index contributed by atoms with van der Waals surface area (Å²) in [6, 6.07) is 9.99. The number of ketones is 1. The summed E-state index contributed by atoms with van der Waals surface area (Å²) in [5, 5.41) is 3.13. The highest BCUT2D eigenvalue weighted by atomic mass is 16.1. The van der Waals surface area contributed by atoms with E-state index in [1.54, 1.807) is 6.92 Å². The Bertz CT molecular complexity index is 786. The molecule has 0 radical (unpaired) electrons. The lowest BCUT2D eigenvalue weighted by molar-refractivity contribution is -0.121. The normalized spacial score (nSPS) is 16.5. The Hall–Kier alpha value is -2.69. The molecule has 3 rings (SSSR count). The molecule has 2 heterocycles. The molecular formula is C21H25N3O2. The first-order valence-electron chi connectivity index (χ1n) is 9.03. The number of carbonyl (C=O) groups excluding carboxylic acids is 2. The number of nitrogens with one attached hydrogen (secondary N) is 1. The van der Waals surface area contributed by atoms with Crippen molar-refractivity contribution in [3.05, 3.63) is 59.4 Å². The van der Waals surface area contributed by atoms with Gasteiger partial charge in [0, 0.05) is 31.7 Å². The van der Waals surface area contributed by atoms with Crippen LogP contribution in [0, 0.1) is 6.92 Å². The first-order valence-corrected chi connectivity index (χ1v) is 9.03. The van der Waals surface area contributed by atoms with Crippen LogP contribution < -0.4 is 10.2 Å². The number of carbonyl (C=O) groups is 2. The second-order valence-electron chi connectivity index (χ2n) is 7.09. The van der Waals surface area contributed by atoms with Gasteiger partial charge in [-0.05, 0) is 43.0 Å². The van der Waals surface area contributed by atoms with Crippen LogP contribution in [0.5, 0.6) is 0 Å². The van der Waals surface area contributed by atoms with Crippen LogP contribution in [0.4, 0.5) is 5.69 Å². The molecule has 136 valence electrons. The molecule has 26 heavy (non-hydrogen) atoms. The zero-order valence-corrected chi connectivity index (χ0v) is 15.4. The highest BCUT2D eigenvalue weighted by Crippen LogP contribution is 2.20. The molecule has 5 heteroatoms. The number of aryl methyl sites for hydroxylation is 1. The van der Waals surface area contributed by atoms with Crippen molar-refractivity contribution in [3.63, 3.8) is 0 Å². The van der Waals surface area contributed by atoms with Gasteiger partial charge in [-0.3, -0.25) is 14.6 Å². The average molecular weight is 351 g/mol. The van der Waals surface area contributed by atoms with E-state index in [1.165, 1.54) is 0 Å². The molecule has 2 aromatic rings. The Kier molecular flexibility index (Phi) is 5.66. The molecule has 5 nitrogen and oxygen atoms in total. The van der Waals surface area contributed by atoms with Crippen LogP contribution in [0.3, 0.4) is 0 Å². The van der Waals surface area contributed by atoms with E-state index in [0.29, 0.717) is 12.8 Å². The number of Topliss-reactive ketones (excluding diaryl/α,β-unsaturated/α-hetero) is 1. The largest absolute Gasteiger partial charge is 0.368 e. The second kappa shape index (κ2) is 8.13. The van der Waals surface area contributed by atoms with E-state index in [4.69, 9.17) is 0 Å². The maximum Gasteiger partial charge on any atom is 0.224 e. The van der Waals surface area contributed by atoms with E-state index < -0.39 is 0 Å². The number of aromatic nitrogens is 1. The van der Waals surface area contributed by atoms with Gasteiger partial charge in [0.1, 0.15) is 5.78 Å². The summed E-state index contributed by atoms with van der Waals surface area (Å²) in [6.45, 7) is 5.36. The molecule has 1 N–H and O–H groups in total. The lowest BCUT2D eigenvalue weighted by atomic mass is 10.1. The third kappa shape index (κ3) is 4.91. The van der Waals surface area contributed by atoms with Crippen molar-refractivity contribution in [3.8, 4) is 0 Å². The predicted molar refractivity (Wildman–Crippen MR) is 102 cm³/mol. The molecule has 1 amide bonds. The van der Waals surface area contributed by atoms with Crippen molar-refractivity contribution in [2.75, 3.05) is 18.0 Å². The Morgan fingerprint density at radius 2 is 1.85 bits per heavy atom.